The zero-order chi connectivity index (χ0) is 20.3. The number of nitrogens with zero attached hydrogens (tertiary/aromatic N) is 1. The molecule has 8 nitrogen and oxygen atoms in total. The first kappa shape index (κ1) is 19.7. The molecule has 0 saturated carbocycles. The maximum Gasteiger partial charge on any atom is 0.326 e. The van der Waals surface area contributed by atoms with E-state index < -0.39 is 28.4 Å². The van der Waals surface area contributed by atoms with Crippen LogP contribution in [0.15, 0.2) is 41.3 Å². The zero-order valence-electron chi connectivity index (χ0n) is 15.2. The third-order valence-corrected chi connectivity index (χ3v) is 5.70. The van der Waals surface area contributed by atoms with Gasteiger partial charge in [-0.1, -0.05) is 0 Å². The third-order valence-electron chi connectivity index (χ3n) is 3.93. The summed E-state index contributed by atoms with van der Waals surface area (Å²) < 4.78 is 61.4. The lowest BCUT2D eigenvalue weighted by Crippen LogP contribution is -2.36. The van der Waals surface area contributed by atoms with Crippen molar-refractivity contribution >= 4 is 21.7 Å². The lowest BCUT2D eigenvalue weighted by atomic mass is 10.3. The maximum absolute atomic E-state index is 14.1. The summed E-state index contributed by atoms with van der Waals surface area (Å²) in [6.07, 6.45) is 0. The van der Waals surface area contributed by atoms with Crippen molar-refractivity contribution in [2.24, 2.45) is 0 Å². The molecule has 2 aromatic carbocycles. The Kier molecular flexibility index (Phi) is 5.59. The molecule has 0 fully saturated rings. The van der Waals surface area contributed by atoms with Crippen molar-refractivity contribution in [3.8, 4) is 17.2 Å². The number of carbonyl (C=O) groups is 1. The average Bonchev–Trinajstić information content (AvgIpc) is 3.14. The van der Waals surface area contributed by atoms with Crippen LogP contribution in [0, 0.1) is 5.82 Å². The standard InChI is InChI=1S/C18H18FNO7S/c1-3-25-18(21)10-20(12-4-6-16-17(8-12)27-11-26-16)28(22,23)13-5-7-15(24-2)14(19)9-13/h4-9H,3,10-11H2,1-2H3. The fourth-order valence-electron chi connectivity index (χ4n) is 2.61. The minimum Gasteiger partial charge on any atom is -0.494 e. The summed E-state index contributed by atoms with van der Waals surface area (Å²) in [5.41, 5.74) is 0.147. The molecule has 28 heavy (non-hydrogen) atoms. The van der Waals surface area contributed by atoms with Crippen molar-refractivity contribution in [2.75, 3.05) is 31.4 Å². The van der Waals surface area contributed by atoms with Crippen LogP contribution >= 0.6 is 0 Å². The predicted octanol–water partition coefficient (Wildman–Crippen LogP) is 2.32. The van der Waals surface area contributed by atoms with Gasteiger partial charge >= 0.3 is 5.97 Å². The molecule has 0 atom stereocenters. The number of hydrogen-bond donors (Lipinski definition) is 0. The molecule has 10 heteroatoms. The Morgan fingerprint density at radius 1 is 1.18 bits per heavy atom. The molecule has 0 N–H and O–H groups in total. The highest BCUT2D eigenvalue weighted by Gasteiger charge is 2.30. The number of ether oxygens (including phenoxy) is 4. The van der Waals surface area contributed by atoms with Gasteiger partial charge in [0.1, 0.15) is 6.54 Å². The Bertz CT molecular complexity index is 993. The molecular formula is C18H18FNO7S. The van der Waals surface area contributed by atoms with E-state index in [1.807, 2.05) is 0 Å². The normalized spacial score (nSPS) is 12.5. The summed E-state index contributed by atoms with van der Waals surface area (Å²) >= 11 is 0. The van der Waals surface area contributed by atoms with Gasteiger partial charge in [0.25, 0.3) is 10.0 Å². The lowest BCUT2D eigenvalue weighted by molar-refractivity contribution is -0.141. The van der Waals surface area contributed by atoms with Crippen LogP contribution < -0.4 is 18.5 Å². The molecule has 0 spiro atoms. The molecule has 0 saturated heterocycles. The van der Waals surface area contributed by atoms with Gasteiger partial charge in [0, 0.05) is 6.07 Å². The molecular weight excluding hydrogens is 393 g/mol. The quantitative estimate of drug-likeness (QED) is 0.646. The summed E-state index contributed by atoms with van der Waals surface area (Å²) in [5.74, 6) is -0.905. The number of anilines is 1. The van der Waals surface area contributed by atoms with E-state index in [9.17, 15) is 17.6 Å². The molecule has 0 aliphatic carbocycles. The minimum atomic E-state index is -4.29. The third kappa shape index (κ3) is 3.81. The summed E-state index contributed by atoms with van der Waals surface area (Å²) in [6, 6.07) is 7.65. The van der Waals surface area contributed by atoms with Gasteiger partial charge in [0.15, 0.2) is 23.1 Å². The van der Waals surface area contributed by atoms with Crippen LogP contribution in [-0.2, 0) is 19.6 Å². The molecule has 1 heterocycles. The average molecular weight is 411 g/mol. The highest BCUT2D eigenvalue weighted by atomic mass is 32.2. The van der Waals surface area contributed by atoms with E-state index in [0.29, 0.717) is 11.5 Å². The van der Waals surface area contributed by atoms with Crippen molar-refractivity contribution in [3.63, 3.8) is 0 Å². The predicted molar refractivity (Wildman–Crippen MR) is 96.7 cm³/mol. The summed E-state index contributed by atoms with van der Waals surface area (Å²) in [4.78, 5) is 11.7. The van der Waals surface area contributed by atoms with Gasteiger partial charge in [0.05, 0.1) is 24.3 Å². The number of benzene rings is 2. The number of hydrogen-bond acceptors (Lipinski definition) is 7. The Morgan fingerprint density at radius 3 is 2.61 bits per heavy atom. The van der Waals surface area contributed by atoms with Gasteiger partial charge in [-0.05, 0) is 37.3 Å². The highest BCUT2D eigenvalue weighted by molar-refractivity contribution is 7.92. The zero-order valence-corrected chi connectivity index (χ0v) is 16.0. The highest BCUT2D eigenvalue weighted by Crippen LogP contribution is 2.37. The molecule has 150 valence electrons. The second-order valence-electron chi connectivity index (χ2n) is 5.65. The van der Waals surface area contributed by atoms with Crippen molar-refractivity contribution in [1.29, 1.82) is 0 Å². The van der Waals surface area contributed by atoms with E-state index in [1.54, 1.807) is 6.92 Å². The first-order valence-corrected chi connectivity index (χ1v) is 9.72. The Labute approximate surface area is 161 Å². The number of esters is 1. The molecule has 0 unspecified atom stereocenters. The van der Waals surface area contributed by atoms with Crippen molar-refractivity contribution in [2.45, 2.75) is 11.8 Å². The number of rotatable bonds is 7. The maximum atomic E-state index is 14.1. The Balaban J connectivity index is 2.04. The minimum absolute atomic E-state index is 0.00705. The Hall–Kier alpha value is -3.01. The number of sulfonamides is 1. The first-order valence-electron chi connectivity index (χ1n) is 8.28. The van der Waals surface area contributed by atoms with Crippen LogP contribution in [0.1, 0.15) is 6.92 Å². The molecule has 1 aliphatic heterocycles. The topological polar surface area (TPSA) is 91.4 Å². The van der Waals surface area contributed by atoms with E-state index in [1.165, 1.54) is 37.4 Å². The SMILES string of the molecule is CCOC(=O)CN(c1ccc2c(c1)OCO2)S(=O)(=O)c1ccc(OC)c(F)c1. The second kappa shape index (κ2) is 7.93. The van der Waals surface area contributed by atoms with Crippen LogP contribution in [0.2, 0.25) is 0 Å². The van der Waals surface area contributed by atoms with Crippen LogP contribution in [0.25, 0.3) is 0 Å². The van der Waals surface area contributed by atoms with Crippen molar-refractivity contribution < 1.29 is 36.6 Å². The molecule has 0 aromatic heterocycles. The van der Waals surface area contributed by atoms with Gasteiger partial charge in [-0.3, -0.25) is 9.10 Å². The van der Waals surface area contributed by atoms with Crippen molar-refractivity contribution in [1.82, 2.24) is 0 Å². The number of methoxy groups -OCH3 is 1. The van der Waals surface area contributed by atoms with Crippen molar-refractivity contribution in [3.05, 3.63) is 42.2 Å². The van der Waals surface area contributed by atoms with Gasteiger partial charge in [-0.2, -0.15) is 0 Å². The smallest absolute Gasteiger partial charge is 0.326 e. The van der Waals surface area contributed by atoms with E-state index >= 15 is 0 Å². The van der Waals surface area contributed by atoms with Gasteiger partial charge in [0.2, 0.25) is 6.79 Å². The van der Waals surface area contributed by atoms with Crippen LogP contribution in [0.4, 0.5) is 10.1 Å². The van der Waals surface area contributed by atoms with E-state index in [-0.39, 0.29) is 29.7 Å². The summed E-state index contributed by atoms with van der Waals surface area (Å²) in [7, 11) is -3.02. The lowest BCUT2D eigenvalue weighted by Gasteiger charge is -2.24. The molecule has 0 radical (unpaired) electrons. The summed E-state index contributed by atoms with van der Waals surface area (Å²) in [6.45, 7) is 1.11. The van der Waals surface area contributed by atoms with Crippen LogP contribution in [-0.4, -0.2) is 41.4 Å². The van der Waals surface area contributed by atoms with E-state index in [0.717, 1.165) is 10.4 Å². The van der Waals surface area contributed by atoms with Gasteiger partial charge in [-0.25, -0.2) is 12.8 Å². The fraction of sp³-hybridized carbons (Fsp3) is 0.278. The van der Waals surface area contributed by atoms with Gasteiger partial charge < -0.3 is 18.9 Å². The Morgan fingerprint density at radius 2 is 1.93 bits per heavy atom. The molecule has 2 aromatic rings. The molecule has 1 aliphatic rings. The molecule has 0 bridgehead atoms. The van der Waals surface area contributed by atoms with Crippen LogP contribution in [0.3, 0.4) is 0 Å². The molecule has 0 amide bonds. The summed E-state index contributed by atoms with van der Waals surface area (Å²) in [5, 5.41) is 0. The van der Waals surface area contributed by atoms with Crippen LogP contribution in [0.5, 0.6) is 17.2 Å². The first-order chi connectivity index (χ1) is 13.4. The second-order valence-corrected chi connectivity index (χ2v) is 7.51. The number of halogens is 1. The largest absolute Gasteiger partial charge is 0.494 e. The van der Waals surface area contributed by atoms with E-state index in [4.69, 9.17) is 18.9 Å². The van der Waals surface area contributed by atoms with Gasteiger partial charge in [-0.15, -0.1) is 0 Å². The fourth-order valence-corrected chi connectivity index (χ4v) is 4.03. The monoisotopic (exact) mass is 411 g/mol. The van der Waals surface area contributed by atoms with E-state index in [2.05, 4.69) is 0 Å². The molecule has 3 rings (SSSR count). The number of fused-ring (bicyclic) bond motifs is 1. The number of carbonyl (C=O) groups excluding carboxylic acids is 1.